The van der Waals surface area contributed by atoms with E-state index in [0.29, 0.717) is 5.92 Å². The average Bonchev–Trinajstić information content (AvgIpc) is 3.31. The van der Waals surface area contributed by atoms with Crippen LogP contribution in [0.5, 0.6) is 0 Å². The molecule has 2 aromatic rings. The lowest BCUT2D eigenvalue weighted by Gasteiger charge is -2.18. The van der Waals surface area contributed by atoms with Crippen molar-refractivity contribution in [3.05, 3.63) is 65.2 Å². The van der Waals surface area contributed by atoms with Gasteiger partial charge in [0.05, 0.1) is 6.07 Å². The van der Waals surface area contributed by atoms with Crippen molar-refractivity contribution in [2.75, 3.05) is 5.32 Å². The largest absolute Gasteiger partial charge is 0.366 e. The molecule has 2 heteroatoms. The van der Waals surface area contributed by atoms with Gasteiger partial charge in [-0.2, -0.15) is 5.26 Å². The lowest BCUT2D eigenvalue weighted by Crippen LogP contribution is -2.11. The molecule has 20 heavy (non-hydrogen) atoms. The Balaban J connectivity index is 1.91. The summed E-state index contributed by atoms with van der Waals surface area (Å²) in [6, 6.07) is 18.5. The quantitative estimate of drug-likeness (QED) is 0.877. The third kappa shape index (κ3) is 2.53. The lowest BCUT2D eigenvalue weighted by molar-refractivity contribution is 0.947. The first-order valence-electron chi connectivity index (χ1n) is 7.10. The lowest BCUT2D eigenvalue weighted by atomic mass is 9.97. The van der Waals surface area contributed by atoms with Gasteiger partial charge < -0.3 is 5.32 Å². The van der Waals surface area contributed by atoms with Crippen LogP contribution in [0.2, 0.25) is 0 Å². The number of benzene rings is 2. The molecule has 1 unspecified atom stereocenters. The molecule has 1 fully saturated rings. The van der Waals surface area contributed by atoms with Gasteiger partial charge in [-0.25, -0.2) is 0 Å². The monoisotopic (exact) mass is 262 g/mol. The highest BCUT2D eigenvalue weighted by Crippen LogP contribution is 2.43. The maximum atomic E-state index is 9.55. The molecule has 0 bridgehead atoms. The van der Waals surface area contributed by atoms with Crippen LogP contribution in [0.3, 0.4) is 0 Å². The zero-order valence-corrected chi connectivity index (χ0v) is 11.6. The number of nitrogens with zero attached hydrogens (tertiary/aromatic N) is 1. The Kier molecular flexibility index (Phi) is 3.43. The molecule has 2 aromatic carbocycles. The van der Waals surface area contributed by atoms with Crippen molar-refractivity contribution in [2.24, 2.45) is 0 Å². The number of nitrogens with one attached hydrogen (secondary N) is 1. The number of hydrogen-bond donors (Lipinski definition) is 1. The molecule has 0 spiro atoms. The van der Waals surface area contributed by atoms with Crippen LogP contribution >= 0.6 is 0 Å². The fraction of sp³-hybridized carbons (Fsp3) is 0.278. The minimum Gasteiger partial charge on any atom is -0.366 e. The molecule has 100 valence electrons. The van der Waals surface area contributed by atoms with Crippen LogP contribution < -0.4 is 5.32 Å². The summed E-state index contributed by atoms with van der Waals surface area (Å²) in [6.07, 6.45) is 2.50. The highest BCUT2D eigenvalue weighted by Gasteiger charge is 2.28. The summed E-state index contributed by atoms with van der Waals surface area (Å²) in [5, 5.41) is 12.9. The fourth-order valence-electron chi connectivity index (χ4n) is 2.61. The molecule has 1 atom stereocenters. The smallest absolute Gasteiger partial charge is 0.140 e. The minimum absolute atomic E-state index is 0.284. The van der Waals surface area contributed by atoms with Crippen molar-refractivity contribution in [3.8, 4) is 6.07 Å². The van der Waals surface area contributed by atoms with Gasteiger partial charge in [0.25, 0.3) is 0 Å². The molecular weight excluding hydrogens is 244 g/mol. The number of para-hydroxylation sites is 1. The molecule has 0 radical (unpaired) electrons. The van der Waals surface area contributed by atoms with Crippen molar-refractivity contribution in [1.29, 1.82) is 5.26 Å². The first kappa shape index (κ1) is 12.7. The van der Waals surface area contributed by atoms with Crippen LogP contribution in [0, 0.1) is 18.3 Å². The summed E-state index contributed by atoms with van der Waals surface area (Å²) in [6.45, 7) is 2.06. The first-order chi connectivity index (χ1) is 9.79. The highest BCUT2D eigenvalue weighted by atomic mass is 14.9. The van der Waals surface area contributed by atoms with Crippen molar-refractivity contribution >= 4 is 5.69 Å². The third-order valence-corrected chi connectivity index (χ3v) is 3.90. The van der Waals surface area contributed by atoms with Crippen molar-refractivity contribution in [2.45, 2.75) is 31.7 Å². The van der Waals surface area contributed by atoms with Gasteiger partial charge in [-0.15, -0.1) is 0 Å². The normalized spacial score (nSPS) is 15.4. The van der Waals surface area contributed by atoms with Gasteiger partial charge in [0, 0.05) is 5.69 Å². The zero-order valence-electron chi connectivity index (χ0n) is 11.6. The second kappa shape index (κ2) is 5.38. The zero-order chi connectivity index (χ0) is 13.9. The predicted octanol–water partition coefficient (Wildman–Crippen LogP) is 4.55. The van der Waals surface area contributed by atoms with Gasteiger partial charge in [-0.3, -0.25) is 0 Å². The summed E-state index contributed by atoms with van der Waals surface area (Å²) in [7, 11) is 0. The second-order valence-corrected chi connectivity index (χ2v) is 5.42. The Bertz CT molecular complexity index is 650. The molecule has 1 saturated carbocycles. The number of hydrogen-bond acceptors (Lipinski definition) is 2. The van der Waals surface area contributed by atoms with E-state index in [4.69, 9.17) is 0 Å². The van der Waals surface area contributed by atoms with E-state index in [0.717, 1.165) is 16.8 Å². The van der Waals surface area contributed by atoms with Gasteiger partial charge in [-0.05, 0) is 48.4 Å². The van der Waals surface area contributed by atoms with Crippen LogP contribution in [0.1, 0.15) is 41.5 Å². The van der Waals surface area contributed by atoms with E-state index in [-0.39, 0.29) is 6.04 Å². The second-order valence-electron chi connectivity index (χ2n) is 5.42. The van der Waals surface area contributed by atoms with Crippen molar-refractivity contribution < 1.29 is 0 Å². The molecule has 1 aliphatic carbocycles. The Morgan fingerprint density at radius 3 is 2.50 bits per heavy atom. The molecule has 1 N–H and O–H groups in total. The average molecular weight is 262 g/mol. The molecule has 1 aliphatic rings. The topological polar surface area (TPSA) is 35.8 Å². The standard InChI is InChI=1S/C18H18N2/c1-13-6-2-5-9-17(13)20-18(12-19)16-8-4-3-7-15(16)14-10-11-14/h2-9,14,18,20H,10-11H2,1H3. The van der Waals surface area contributed by atoms with E-state index in [1.807, 2.05) is 24.3 Å². The number of aryl methyl sites for hydroxylation is 1. The van der Waals surface area contributed by atoms with Crippen molar-refractivity contribution in [3.63, 3.8) is 0 Å². The number of rotatable bonds is 4. The van der Waals surface area contributed by atoms with E-state index in [1.54, 1.807) is 0 Å². The SMILES string of the molecule is Cc1ccccc1NC(C#N)c1ccccc1C1CC1. The van der Waals surface area contributed by atoms with Crippen molar-refractivity contribution in [1.82, 2.24) is 0 Å². The van der Waals surface area contributed by atoms with Crippen LogP contribution in [0.25, 0.3) is 0 Å². The Morgan fingerprint density at radius 2 is 1.80 bits per heavy atom. The van der Waals surface area contributed by atoms with Gasteiger partial charge in [-0.1, -0.05) is 42.5 Å². The van der Waals surface area contributed by atoms with Crippen LogP contribution in [-0.4, -0.2) is 0 Å². The number of nitriles is 1. The van der Waals surface area contributed by atoms with E-state index >= 15 is 0 Å². The van der Waals surface area contributed by atoms with Crippen LogP contribution in [-0.2, 0) is 0 Å². The molecule has 0 heterocycles. The van der Waals surface area contributed by atoms with E-state index in [2.05, 4.69) is 42.6 Å². The Labute approximate surface area is 120 Å². The van der Waals surface area contributed by atoms with Gasteiger partial charge in [0.2, 0.25) is 0 Å². The van der Waals surface area contributed by atoms with Gasteiger partial charge in [0.1, 0.15) is 6.04 Å². The molecule has 0 aromatic heterocycles. The minimum atomic E-state index is -0.284. The molecule has 0 aliphatic heterocycles. The summed E-state index contributed by atoms with van der Waals surface area (Å²) < 4.78 is 0. The van der Waals surface area contributed by atoms with E-state index in [1.165, 1.54) is 18.4 Å². The first-order valence-corrected chi connectivity index (χ1v) is 7.10. The number of anilines is 1. The highest BCUT2D eigenvalue weighted by molar-refractivity contribution is 5.54. The Morgan fingerprint density at radius 1 is 1.10 bits per heavy atom. The summed E-state index contributed by atoms with van der Waals surface area (Å²) >= 11 is 0. The fourth-order valence-corrected chi connectivity index (χ4v) is 2.61. The molecule has 3 rings (SSSR count). The Hall–Kier alpha value is -2.27. The molecule has 0 saturated heterocycles. The van der Waals surface area contributed by atoms with E-state index < -0.39 is 0 Å². The predicted molar refractivity (Wildman–Crippen MR) is 81.6 cm³/mol. The molecule has 2 nitrogen and oxygen atoms in total. The maximum absolute atomic E-state index is 9.55. The summed E-state index contributed by atoms with van der Waals surface area (Å²) in [5.41, 5.74) is 4.65. The molecule has 0 amide bonds. The maximum Gasteiger partial charge on any atom is 0.140 e. The molecular formula is C18H18N2. The van der Waals surface area contributed by atoms with E-state index in [9.17, 15) is 5.26 Å². The third-order valence-electron chi connectivity index (χ3n) is 3.90. The summed E-state index contributed by atoms with van der Waals surface area (Å²) in [4.78, 5) is 0. The van der Waals surface area contributed by atoms with Crippen LogP contribution in [0.4, 0.5) is 5.69 Å². The summed E-state index contributed by atoms with van der Waals surface area (Å²) in [5.74, 6) is 0.653. The van der Waals surface area contributed by atoms with Gasteiger partial charge in [0.15, 0.2) is 0 Å². The van der Waals surface area contributed by atoms with Crippen LogP contribution in [0.15, 0.2) is 48.5 Å². The van der Waals surface area contributed by atoms with Gasteiger partial charge >= 0.3 is 0 Å².